The number of esters is 1. The minimum atomic E-state index is -1.57. The predicted molar refractivity (Wildman–Crippen MR) is 84.8 cm³/mol. The van der Waals surface area contributed by atoms with Gasteiger partial charge in [-0.1, -0.05) is 24.3 Å². The van der Waals surface area contributed by atoms with Crippen LogP contribution in [0.1, 0.15) is 33.3 Å². The van der Waals surface area contributed by atoms with E-state index in [0.29, 0.717) is 5.56 Å². The molecule has 0 saturated carbocycles. The van der Waals surface area contributed by atoms with Crippen LogP contribution in [0.2, 0.25) is 0 Å². The quantitative estimate of drug-likeness (QED) is 0.456. The van der Waals surface area contributed by atoms with E-state index in [9.17, 15) is 9.70 Å². The molecule has 1 rings (SSSR count). The van der Waals surface area contributed by atoms with Gasteiger partial charge in [0, 0.05) is 12.7 Å². The summed E-state index contributed by atoms with van der Waals surface area (Å²) in [6.07, 6.45) is 0. The molecule has 0 fully saturated rings. The van der Waals surface area contributed by atoms with Crippen LogP contribution in [-0.4, -0.2) is 32.9 Å². The lowest BCUT2D eigenvalue weighted by molar-refractivity contribution is -0.146. The second-order valence-corrected chi connectivity index (χ2v) is 6.07. The van der Waals surface area contributed by atoms with Gasteiger partial charge in [0.25, 0.3) is 0 Å². The molecule has 0 radical (unpaired) electrons. The minimum absolute atomic E-state index is 0.371. The molecule has 6 nitrogen and oxygen atoms in total. The molecule has 1 atom stereocenters. The molecule has 0 N–H and O–H groups in total. The summed E-state index contributed by atoms with van der Waals surface area (Å²) in [5.74, 6) is -0.704. The first-order valence-corrected chi connectivity index (χ1v) is 6.92. The molecule has 0 heterocycles. The minimum Gasteiger partial charge on any atom is -0.467 e. The van der Waals surface area contributed by atoms with Gasteiger partial charge in [-0.2, -0.15) is 0 Å². The number of carbonyl (C=O) groups is 1. The number of benzene rings is 1. The highest BCUT2D eigenvalue weighted by atomic mass is 16.6. The third-order valence-electron chi connectivity index (χ3n) is 3.19. The van der Waals surface area contributed by atoms with Crippen molar-refractivity contribution in [2.75, 3.05) is 14.2 Å². The smallest absolute Gasteiger partial charge is 0.467 e. The molecule has 1 unspecified atom stereocenters. The second kappa shape index (κ2) is 7.02. The van der Waals surface area contributed by atoms with E-state index >= 15 is 0 Å². The number of hydrogen-bond acceptors (Lipinski definition) is 6. The van der Waals surface area contributed by atoms with E-state index in [2.05, 4.69) is 9.91 Å². The fourth-order valence-electron chi connectivity index (χ4n) is 1.94. The van der Waals surface area contributed by atoms with E-state index in [1.54, 1.807) is 31.4 Å². The van der Waals surface area contributed by atoms with Gasteiger partial charge in [0.05, 0.1) is 7.11 Å². The average Bonchev–Trinajstić information content (AvgIpc) is 2.50. The second-order valence-electron chi connectivity index (χ2n) is 6.07. The maximum absolute atomic E-state index is 11.8. The molecule has 1 aromatic rings. The molecule has 0 aliphatic carbocycles. The first-order valence-electron chi connectivity index (χ1n) is 6.92. The highest BCUT2D eigenvalue weighted by Gasteiger charge is 2.38. The molecule has 0 aliphatic rings. The fraction of sp³-hybridized carbons (Fsp3) is 0.533. The Morgan fingerprint density at radius 2 is 1.64 bits per heavy atom. The molecular formula is C15H22BNO5. The first kappa shape index (κ1) is 18.3. The maximum Gasteiger partial charge on any atom is 0.494 e. The third kappa shape index (κ3) is 4.14. The van der Waals surface area contributed by atoms with Gasteiger partial charge in [-0.3, -0.25) is 0 Å². The van der Waals surface area contributed by atoms with Crippen LogP contribution < -0.4 is 5.46 Å². The number of rotatable bonds is 6. The fourth-order valence-corrected chi connectivity index (χ4v) is 1.94. The summed E-state index contributed by atoms with van der Waals surface area (Å²) in [6.45, 7) is 7.20. The van der Waals surface area contributed by atoms with Gasteiger partial charge in [0.1, 0.15) is 0 Å². The molecule has 0 saturated heterocycles. The van der Waals surface area contributed by atoms with Crippen molar-refractivity contribution in [1.29, 1.82) is 0 Å². The Balaban J connectivity index is 3.08. The zero-order valence-corrected chi connectivity index (χ0v) is 13.9. The van der Waals surface area contributed by atoms with Crippen LogP contribution >= 0.6 is 0 Å². The van der Waals surface area contributed by atoms with Crippen molar-refractivity contribution >= 4 is 18.6 Å². The Hall–Kier alpha value is -1.73. The van der Waals surface area contributed by atoms with E-state index in [-0.39, 0.29) is 5.60 Å². The van der Waals surface area contributed by atoms with Gasteiger partial charge < -0.3 is 14.0 Å². The normalized spacial score (nSPS) is 14.1. The molecule has 0 aliphatic heterocycles. The van der Waals surface area contributed by atoms with Gasteiger partial charge in [-0.05, 0) is 43.9 Å². The average molecular weight is 307 g/mol. The van der Waals surface area contributed by atoms with Crippen molar-refractivity contribution in [2.45, 2.75) is 38.8 Å². The van der Waals surface area contributed by atoms with Crippen molar-refractivity contribution in [3.8, 4) is 0 Å². The molecule has 7 heteroatoms. The summed E-state index contributed by atoms with van der Waals surface area (Å²) in [5, 5.41) is 2.93. The topological polar surface area (TPSA) is 74.2 Å². The van der Waals surface area contributed by atoms with Crippen LogP contribution in [0.3, 0.4) is 0 Å². The zero-order chi connectivity index (χ0) is 17.0. The van der Waals surface area contributed by atoms with E-state index in [1.807, 2.05) is 20.8 Å². The Morgan fingerprint density at radius 1 is 1.09 bits per heavy atom. The van der Waals surface area contributed by atoms with Crippen molar-refractivity contribution < 1.29 is 18.8 Å². The maximum atomic E-state index is 11.8. The summed E-state index contributed by atoms with van der Waals surface area (Å²) in [6, 6.07) is 6.76. The Labute approximate surface area is 131 Å². The molecule has 0 amide bonds. The van der Waals surface area contributed by atoms with Crippen LogP contribution in [0.5, 0.6) is 0 Å². The van der Waals surface area contributed by atoms with Gasteiger partial charge in [-0.15, -0.1) is 4.91 Å². The Morgan fingerprint density at radius 3 is 2.00 bits per heavy atom. The number of methoxy groups -OCH3 is 1. The lowest BCUT2D eigenvalue weighted by Crippen LogP contribution is -2.42. The first-order chi connectivity index (χ1) is 10.2. The number of ether oxygens (including phenoxy) is 1. The summed E-state index contributed by atoms with van der Waals surface area (Å²) in [5.41, 5.74) is -0.715. The van der Waals surface area contributed by atoms with Crippen LogP contribution in [-0.2, 0) is 24.4 Å². The van der Waals surface area contributed by atoms with E-state index in [0.717, 1.165) is 5.46 Å². The van der Waals surface area contributed by atoms with E-state index in [4.69, 9.17) is 9.31 Å². The number of carbonyl (C=O) groups excluding carboxylic acids is 1. The van der Waals surface area contributed by atoms with Gasteiger partial charge in [0.2, 0.25) is 5.54 Å². The van der Waals surface area contributed by atoms with Crippen LogP contribution in [0.15, 0.2) is 29.4 Å². The molecule has 120 valence electrons. The van der Waals surface area contributed by atoms with Gasteiger partial charge >= 0.3 is 13.1 Å². The monoisotopic (exact) mass is 307 g/mol. The summed E-state index contributed by atoms with van der Waals surface area (Å²) in [7, 11) is 2.23. The van der Waals surface area contributed by atoms with E-state index in [1.165, 1.54) is 14.0 Å². The number of hydrogen-bond donors (Lipinski definition) is 0. The summed E-state index contributed by atoms with van der Waals surface area (Å²) in [4.78, 5) is 22.9. The SMILES string of the molecule is COB(OC(C)(C)C)c1ccc(C(C)(N=O)C(=O)OC)cc1. The predicted octanol–water partition coefficient (Wildman–Crippen LogP) is 2.00. The largest absolute Gasteiger partial charge is 0.494 e. The van der Waals surface area contributed by atoms with Crippen molar-refractivity contribution in [3.05, 3.63) is 34.7 Å². The standard InChI is InChI=1S/C15H22BNO5/c1-14(2,3)22-16(21-6)12-9-7-11(8-10-12)15(4,17-19)13(18)20-5/h7-10H,1-6H3. The molecule has 0 bridgehead atoms. The summed E-state index contributed by atoms with van der Waals surface area (Å²) < 4.78 is 15.8. The van der Waals surface area contributed by atoms with Crippen molar-refractivity contribution in [1.82, 2.24) is 0 Å². The molecule has 0 aromatic heterocycles. The lowest BCUT2D eigenvalue weighted by Gasteiger charge is -2.25. The molecular weight excluding hydrogens is 285 g/mol. The Kier molecular flexibility index (Phi) is 5.85. The molecule has 22 heavy (non-hydrogen) atoms. The van der Waals surface area contributed by atoms with Crippen LogP contribution in [0.25, 0.3) is 0 Å². The molecule has 0 spiro atoms. The zero-order valence-electron chi connectivity index (χ0n) is 13.9. The van der Waals surface area contributed by atoms with Gasteiger partial charge in [-0.25, -0.2) is 4.79 Å². The number of nitrogens with zero attached hydrogens (tertiary/aromatic N) is 1. The highest BCUT2D eigenvalue weighted by molar-refractivity contribution is 6.61. The Bertz CT molecular complexity index is 526. The number of nitroso groups, excluding NO2 is 1. The van der Waals surface area contributed by atoms with Crippen LogP contribution in [0, 0.1) is 4.91 Å². The van der Waals surface area contributed by atoms with Gasteiger partial charge in [0.15, 0.2) is 0 Å². The van der Waals surface area contributed by atoms with E-state index < -0.39 is 18.6 Å². The molecule has 1 aromatic carbocycles. The van der Waals surface area contributed by atoms with Crippen molar-refractivity contribution in [3.63, 3.8) is 0 Å². The third-order valence-corrected chi connectivity index (χ3v) is 3.19. The van der Waals surface area contributed by atoms with Crippen LogP contribution in [0.4, 0.5) is 0 Å². The highest BCUT2D eigenvalue weighted by Crippen LogP contribution is 2.26. The van der Waals surface area contributed by atoms with Crippen molar-refractivity contribution in [2.24, 2.45) is 5.18 Å². The summed E-state index contributed by atoms with van der Waals surface area (Å²) >= 11 is 0. The lowest BCUT2D eigenvalue weighted by atomic mass is 9.76.